The van der Waals surface area contributed by atoms with Gasteiger partial charge in [0.15, 0.2) is 0 Å². The average Bonchev–Trinajstić information content (AvgIpc) is 2.42. The number of nitrogens with two attached hydrogens (primary N) is 1. The van der Waals surface area contributed by atoms with Crippen LogP contribution in [0.4, 0.5) is 8.78 Å². The Morgan fingerprint density at radius 1 is 1.35 bits per heavy atom. The summed E-state index contributed by atoms with van der Waals surface area (Å²) in [5.74, 6) is 0.00147. The molecule has 1 aliphatic rings. The van der Waals surface area contributed by atoms with E-state index in [1.54, 1.807) is 0 Å². The zero-order valence-electron chi connectivity index (χ0n) is 12.2. The molecule has 2 N–H and O–H groups in total. The van der Waals surface area contributed by atoms with Gasteiger partial charge in [-0.05, 0) is 32.1 Å². The molecular formula is C14H26F2N2O2. The Balaban J connectivity index is 2.38. The van der Waals surface area contributed by atoms with Crippen LogP contribution in [0, 0.1) is 0 Å². The molecule has 1 aliphatic carbocycles. The minimum Gasteiger partial charge on any atom is -0.375 e. The second-order valence-corrected chi connectivity index (χ2v) is 5.37. The van der Waals surface area contributed by atoms with Gasteiger partial charge in [0.25, 0.3) is 6.43 Å². The molecule has 1 saturated carbocycles. The molecule has 0 saturated heterocycles. The van der Waals surface area contributed by atoms with E-state index in [0.717, 1.165) is 32.1 Å². The van der Waals surface area contributed by atoms with Crippen LogP contribution < -0.4 is 5.73 Å². The van der Waals surface area contributed by atoms with Crippen LogP contribution in [-0.2, 0) is 9.53 Å². The maximum atomic E-state index is 12.2. The second-order valence-electron chi connectivity index (χ2n) is 5.37. The number of carbonyl (C=O) groups is 1. The molecule has 0 aromatic carbocycles. The van der Waals surface area contributed by atoms with Crippen LogP contribution >= 0.6 is 0 Å². The van der Waals surface area contributed by atoms with Gasteiger partial charge in [-0.2, -0.15) is 0 Å². The molecule has 0 aromatic rings. The summed E-state index contributed by atoms with van der Waals surface area (Å²) in [5.41, 5.74) is 5.88. The lowest BCUT2D eigenvalue weighted by Gasteiger charge is -2.36. The summed E-state index contributed by atoms with van der Waals surface area (Å²) in [6.45, 7) is 2.21. The summed E-state index contributed by atoms with van der Waals surface area (Å²) >= 11 is 0. The van der Waals surface area contributed by atoms with E-state index in [4.69, 9.17) is 10.5 Å². The maximum Gasteiger partial charge on any atom is 0.261 e. The number of alkyl halides is 2. The molecule has 6 heteroatoms. The number of hydrogen-bond acceptors (Lipinski definition) is 3. The molecule has 1 amide bonds. The lowest BCUT2D eigenvalue weighted by molar-refractivity contribution is -0.135. The molecule has 0 bridgehead atoms. The van der Waals surface area contributed by atoms with Crippen molar-refractivity contribution < 1.29 is 18.3 Å². The Bertz CT molecular complexity index is 282. The summed E-state index contributed by atoms with van der Waals surface area (Å²) in [4.78, 5) is 14.1. The highest BCUT2D eigenvalue weighted by atomic mass is 19.3. The molecule has 0 radical (unpaired) electrons. The fourth-order valence-corrected chi connectivity index (χ4v) is 2.64. The van der Waals surface area contributed by atoms with E-state index in [-0.39, 0.29) is 31.0 Å². The van der Waals surface area contributed by atoms with E-state index in [0.29, 0.717) is 6.54 Å². The van der Waals surface area contributed by atoms with Gasteiger partial charge in [-0.3, -0.25) is 4.79 Å². The van der Waals surface area contributed by atoms with Crippen molar-refractivity contribution in [1.82, 2.24) is 4.90 Å². The minimum absolute atomic E-state index is 0.00147. The van der Waals surface area contributed by atoms with Crippen LogP contribution in [0.3, 0.4) is 0 Å². The largest absolute Gasteiger partial charge is 0.375 e. The molecule has 1 fully saturated rings. The van der Waals surface area contributed by atoms with Gasteiger partial charge in [-0.15, -0.1) is 0 Å². The number of halogens is 2. The van der Waals surface area contributed by atoms with Crippen LogP contribution in [0.1, 0.15) is 45.4 Å². The Labute approximate surface area is 119 Å². The molecule has 118 valence electrons. The van der Waals surface area contributed by atoms with Crippen LogP contribution in [0.25, 0.3) is 0 Å². The van der Waals surface area contributed by atoms with Gasteiger partial charge in [0.2, 0.25) is 5.91 Å². The SMILES string of the molecule is CCCN(C(=O)CCOCC(F)F)C1CCC(N)CC1. The number of nitrogens with zero attached hydrogens (tertiary/aromatic N) is 1. The van der Waals surface area contributed by atoms with Crippen LogP contribution in [0.2, 0.25) is 0 Å². The van der Waals surface area contributed by atoms with E-state index < -0.39 is 13.0 Å². The summed E-state index contributed by atoms with van der Waals surface area (Å²) in [6, 6.07) is 0.497. The highest BCUT2D eigenvalue weighted by Gasteiger charge is 2.26. The highest BCUT2D eigenvalue weighted by Crippen LogP contribution is 2.23. The van der Waals surface area contributed by atoms with E-state index in [2.05, 4.69) is 0 Å². The summed E-state index contributed by atoms with van der Waals surface area (Å²) in [5, 5.41) is 0. The molecular weight excluding hydrogens is 266 g/mol. The normalized spacial score (nSPS) is 23.1. The first-order chi connectivity index (χ1) is 9.54. The second kappa shape index (κ2) is 9.23. The van der Waals surface area contributed by atoms with Crippen molar-refractivity contribution in [2.24, 2.45) is 5.73 Å². The standard InChI is InChI=1S/C14H26F2N2O2/c1-2-8-18(12-5-3-11(17)4-6-12)14(19)7-9-20-10-13(15)16/h11-13H,2-10,17H2,1H3. The predicted molar refractivity (Wildman–Crippen MR) is 73.7 cm³/mol. The van der Waals surface area contributed by atoms with Gasteiger partial charge in [-0.25, -0.2) is 8.78 Å². The van der Waals surface area contributed by atoms with E-state index >= 15 is 0 Å². The summed E-state index contributed by atoms with van der Waals surface area (Å²) in [7, 11) is 0. The lowest BCUT2D eigenvalue weighted by Crippen LogP contribution is -2.44. The zero-order chi connectivity index (χ0) is 15.0. The number of rotatable bonds is 8. The van der Waals surface area contributed by atoms with E-state index in [9.17, 15) is 13.6 Å². The third kappa shape index (κ3) is 6.13. The van der Waals surface area contributed by atoms with Gasteiger partial charge in [0.05, 0.1) is 13.0 Å². The van der Waals surface area contributed by atoms with Gasteiger partial charge < -0.3 is 15.4 Å². The molecule has 0 spiro atoms. The van der Waals surface area contributed by atoms with Gasteiger partial charge >= 0.3 is 0 Å². The fraction of sp³-hybridized carbons (Fsp3) is 0.929. The topological polar surface area (TPSA) is 55.6 Å². The van der Waals surface area contributed by atoms with Crippen molar-refractivity contribution in [3.05, 3.63) is 0 Å². The quantitative estimate of drug-likeness (QED) is 0.698. The summed E-state index contributed by atoms with van der Waals surface area (Å²) in [6.07, 6.45) is 2.36. The molecule has 0 aliphatic heterocycles. The van der Waals surface area contributed by atoms with Crippen LogP contribution in [0.15, 0.2) is 0 Å². The molecule has 20 heavy (non-hydrogen) atoms. The third-order valence-electron chi connectivity index (χ3n) is 3.67. The Morgan fingerprint density at radius 2 is 2.00 bits per heavy atom. The molecule has 1 rings (SSSR count). The monoisotopic (exact) mass is 292 g/mol. The van der Waals surface area contributed by atoms with Crippen LogP contribution in [0.5, 0.6) is 0 Å². The fourth-order valence-electron chi connectivity index (χ4n) is 2.64. The van der Waals surface area contributed by atoms with Crippen molar-refractivity contribution in [1.29, 1.82) is 0 Å². The molecule has 0 unspecified atom stereocenters. The van der Waals surface area contributed by atoms with Crippen molar-refractivity contribution in [3.63, 3.8) is 0 Å². The highest BCUT2D eigenvalue weighted by molar-refractivity contribution is 5.76. The number of amides is 1. The Hall–Kier alpha value is -0.750. The molecule has 4 nitrogen and oxygen atoms in total. The van der Waals surface area contributed by atoms with Crippen molar-refractivity contribution in [3.8, 4) is 0 Å². The zero-order valence-corrected chi connectivity index (χ0v) is 12.2. The van der Waals surface area contributed by atoms with Crippen molar-refractivity contribution >= 4 is 5.91 Å². The number of hydrogen-bond donors (Lipinski definition) is 1. The van der Waals surface area contributed by atoms with Crippen molar-refractivity contribution in [2.45, 2.75) is 64.0 Å². The predicted octanol–water partition coefficient (Wildman–Crippen LogP) is 2.17. The summed E-state index contributed by atoms with van der Waals surface area (Å²) < 4.78 is 28.6. The van der Waals surface area contributed by atoms with E-state index in [1.165, 1.54) is 0 Å². The first-order valence-electron chi connectivity index (χ1n) is 7.45. The molecule has 0 heterocycles. The first kappa shape index (κ1) is 17.3. The van der Waals surface area contributed by atoms with Crippen molar-refractivity contribution in [2.75, 3.05) is 19.8 Å². The van der Waals surface area contributed by atoms with Gasteiger partial charge in [0.1, 0.15) is 6.61 Å². The number of carbonyl (C=O) groups excluding carboxylic acids is 1. The smallest absolute Gasteiger partial charge is 0.261 e. The van der Waals surface area contributed by atoms with Gasteiger partial charge in [0, 0.05) is 18.6 Å². The Kier molecular flexibility index (Phi) is 7.99. The molecule has 0 aromatic heterocycles. The first-order valence-corrected chi connectivity index (χ1v) is 7.45. The third-order valence-corrected chi connectivity index (χ3v) is 3.67. The maximum absolute atomic E-state index is 12.2. The number of ether oxygens (including phenoxy) is 1. The van der Waals surface area contributed by atoms with Gasteiger partial charge in [-0.1, -0.05) is 6.92 Å². The lowest BCUT2D eigenvalue weighted by atomic mass is 9.90. The van der Waals surface area contributed by atoms with Crippen LogP contribution in [-0.4, -0.2) is 49.1 Å². The van der Waals surface area contributed by atoms with E-state index in [1.807, 2.05) is 11.8 Å². The minimum atomic E-state index is -2.48. The molecule has 0 atom stereocenters. The Morgan fingerprint density at radius 3 is 2.55 bits per heavy atom. The average molecular weight is 292 g/mol.